The predicted molar refractivity (Wildman–Crippen MR) is 129 cm³/mol. The van der Waals surface area contributed by atoms with Gasteiger partial charge in [-0.3, -0.25) is 9.36 Å². The molecule has 0 amide bonds. The maximum absolute atomic E-state index is 13.2. The third kappa shape index (κ3) is 4.39. The number of hydrogen-bond acceptors (Lipinski definition) is 7. The zero-order valence-electron chi connectivity index (χ0n) is 18.7. The number of esters is 1. The van der Waals surface area contributed by atoms with Crippen LogP contribution in [-0.2, 0) is 26.6 Å². The smallest absolute Gasteiger partial charge is 0.341 e. The van der Waals surface area contributed by atoms with Crippen LogP contribution in [0.5, 0.6) is 0 Å². The van der Waals surface area contributed by atoms with Gasteiger partial charge in [0.2, 0.25) is 5.58 Å². The Kier molecular flexibility index (Phi) is 6.84. The average molecular weight is 465 g/mol. The maximum Gasteiger partial charge on any atom is 0.341 e. The molecule has 33 heavy (non-hydrogen) atoms. The van der Waals surface area contributed by atoms with E-state index in [4.69, 9.17) is 18.9 Å². The molecule has 0 aliphatic carbocycles. The summed E-state index contributed by atoms with van der Waals surface area (Å²) in [6.07, 6.45) is 2.16. The molecule has 0 bridgehead atoms. The SMILES string of the molecule is CCCn1c(SCc2ccccc2/C(=C\OC)C(=O)OC)nc2c(oc3ccccc32)c1=O. The minimum Gasteiger partial charge on any atom is -0.503 e. The highest BCUT2D eigenvalue weighted by atomic mass is 32.2. The van der Waals surface area contributed by atoms with Crippen LogP contribution in [0, 0.1) is 0 Å². The lowest BCUT2D eigenvalue weighted by Crippen LogP contribution is -2.22. The van der Waals surface area contributed by atoms with Gasteiger partial charge in [-0.2, -0.15) is 0 Å². The van der Waals surface area contributed by atoms with E-state index in [1.807, 2.05) is 55.5 Å². The summed E-state index contributed by atoms with van der Waals surface area (Å²) in [5, 5.41) is 1.41. The minimum atomic E-state index is -0.485. The van der Waals surface area contributed by atoms with Gasteiger partial charge in [-0.1, -0.05) is 55.1 Å². The fourth-order valence-electron chi connectivity index (χ4n) is 3.68. The Morgan fingerprint density at radius 3 is 2.67 bits per heavy atom. The normalized spacial score (nSPS) is 11.8. The number of carbonyl (C=O) groups excluding carboxylic acids is 1. The molecular weight excluding hydrogens is 440 g/mol. The number of para-hydroxylation sites is 1. The summed E-state index contributed by atoms with van der Waals surface area (Å²) < 4.78 is 17.5. The van der Waals surface area contributed by atoms with Crippen molar-refractivity contribution in [1.82, 2.24) is 9.55 Å². The van der Waals surface area contributed by atoms with Crippen molar-refractivity contribution >= 4 is 45.4 Å². The Labute approximate surface area is 195 Å². The molecule has 0 spiro atoms. The molecule has 7 nitrogen and oxygen atoms in total. The second-order valence-electron chi connectivity index (χ2n) is 7.33. The Hall–Kier alpha value is -3.52. The first kappa shape index (κ1) is 22.7. The first-order valence-corrected chi connectivity index (χ1v) is 11.5. The van der Waals surface area contributed by atoms with Crippen molar-refractivity contribution in [2.45, 2.75) is 30.8 Å². The quantitative estimate of drug-likeness (QED) is 0.119. The van der Waals surface area contributed by atoms with Crippen molar-refractivity contribution in [3.63, 3.8) is 0 Å². The van der Waals surface area contributed by atoms with Gasteiger partial charge in [0, 0.05) is 17.7 Å². The van der Waals surface area contributed by atoms with Gasteiger partial charge in [-0.25, -0.2) is 9.78 Å². The Morgan fingerprint density at radius 1 is 1.15 bits per heavy atom. The van der Waals surface area contributed by atoms with Gasteiger partial charge in [-0.15, -0.1) is 0 Å². The summed E-state index contributed by atoms with van der Waals surface area (Å²) in [5.41, 5.74) is 3.21. The monoisotopic (exact) mass is 464 g/mol. The summed E-state index contributed by atoms with van der Waals surface area (Å²) in [5.74, 6) is 0.00711. The van der Waals surface area contributed by atoms with Gasteiger partial charge in [0.1, 0.15) is 16.7 Å². The van der Waals surface area contributed by atoms with Crippen LogP contribution in [0.15, 0.2) is 69.2 Å². The fraction of sp³-hybridized carbons (Fsp3) is 0.240. The molecule has 0 aliphatic heterocycles. The second kappa shape index (κ2) is 9.95. The lowest BCUT2D eigenvalue weighted by atomic mass is 10.0. The Balaban J connectivity index is 1.77. The van der Waals surface area contributed by atoms with Crippen LogP contribution in [0.4, 0.5) is 0 Å². The number of furan rings is 1. The predicted octanol–water partition coefficient (Wildman–Crippen LogP) is 5.01. The molecule has 0 fully saturated rings. The molecule has 8 heteroatoms. The first-order valence-electron chi connectivity index (χ1n) is 10.5. The van der Waals surface area contributed by atoms with Crippen molar-refractivity contribution in [3.05, 3.63) is 76.3 Å². The summed E-state index contributed by atoms with van der Waals surface area (Å²) in [4.78, 5) is 30.4. The number of nitrogens with zero attached hydrogens (tertiary/aromatic N) is 2. The van der Waals surface area contributed by atoms with Crippen LogP contribution in [0.3, 0.4) is 0 Å². The third-order valence-electron chi connectivity index (χ3n) is 5.20. The Morgan fingerprint density at radius 2 is 1.91 bits per heavy atom. The number of rotatable bonds is 8. The van der Waals surface area contributed by atoms with Crippen LogP contribution in [0.1, 0.15) is 24.5 Å². The fourth-order valence-corrected chi connectivity index (χ4v) is 4.71. The highest BCUT2D eigenvalue weighted by Crippen LogP contribution is 2.30. The summed E-state index contributed by atoms with van der Waals surface area (Å²) >= 11 is 1.44. The van der Waals surface area contributed by atoms with Crippen molar-refractivity contribution in [2.75, 3.05) is 14.2 Å². The highest BCUT2D eigenvalue weighted by molar-refractivity contribution is 7.98. The molecule has 4 rings (SSSR count). The summed E-state index contributed by atoms with van der Waals surface area (Å²) in [7, 11) is 2.82. The van der Waals surface area contributed by atoms with E-state index in [0.717, 1.165) is 17.4 Å². The number of fused-ring (bicyclic) bond motifs is 3. The van der Waals surface area contributed by atoms with Gasteiger partial charge in [0.25, 0.3) is 5.56 Å². The van der Waals surface area contributed by atoms with Crippen LogP contribution in [0.2, 0.25) is 0 Å². The molecule has 0 saturated heterocycles. The summed E-state index contributed by atoms with van der Waals surface area (Å²) in [6.45, 7) is 2.54. The van der Waals surface area contributed by atoms with Gasteiger partial charge in [-0.05, 0) is 29.7 Å². The lowest BCUT2D eigenvalue weighted by molar-refractivity contribution is -0.133. The highest BCUT2D eigenvalue weighted by Gasteiger charge is 2.20. The third-order valence-corrected chi connectivity index (χ3v) is 6.22. The van der Waals surface area contributed by atoms with Crippen molar-refractivity contribution in [3.8, 4) is 0 Å². The molecule has 0 saturated carbocycles. The van der Waals surface area contributed by atoms with Crippen LogP contribution in [-0.4, -0.2) is 29.7 Å². The van der Waals surface area contributed by atoms with Gasteiger partial charge < -0.3 is 13.9 Å². The molecule has 0 unspecified atom stereocenters. The first-order chi connectivity index (χ1) is 16.1. The van der Waals surface area contributed by atoms with E-state index >= 15 is 0 Å². The van der Waals surface area contributed by atoms with Gasteiger partial charge >= 0.3 is 5.97 Å². The molecule has 2 aromatic carbocycles. The van der Waals surface area contributed by atoms with E-state index < -0.39 is 5.97 Å². The van der Waals surface area contributed by atoms with Crippen LogP contribution >= 0.6 is 11.8 Å². The minimum absolute atomic E-state index is 0.191. The van der Waals surface area contributed by atoms with E-state index in [9.17, 15) is 9.59 Å². The van der Waals surface area contributed by atoms with Crippen molar-refractivity contribution in [1.29, 1.82) is 0 Å². The van der Waals surface area contributed by atoms with Crippen molar-refractivity contribution in [2.24, 2.45) is 0 Å². The van der Waals surface area contributed by atoms with E-state index in [0.29, 0.717) is 39.7 Å². The second-order valence-corrected chi connectivity index (χ2v) is 8.27. The van der Waals surface area contributed by atoms with Crippen LogP contribution in [0.25, 0.3) is 27.6 Å². The number of hydrogen-bond donors (Lipinski definition) is 0. The molecule has 0 radical (unpaired) electrons. The molecule has 2 aromatic heterocycles. The van der Waals surface area contributed by atoms with Gasteiger partial charge in [0.15, 0.2) is 5.16 Å². The Bertz CT molecular complexity index is 1400. The van der Waals surface area contributed by atoms with Crippen LogP contribution < -0.4 is 5.56 Å². The number of carbonyl (C=O) groups is 1. The zero-order chi connectivity index (χ0) is 23.4. The number of benzene rings is 2. The number of methoxy groups -OCH3 is 2. The van der Waals surface area contributed by atoms with Crippen molar-refractivity contribution < 1.29 is 18.7 Å². The zero-order valence-corrected chi connectivity index (χ0v) is 19.5. The molecule has 0 aliphatic rings. The van der Waals surface area contributed by atoms with E-state index in [1.165, 1.54) is 32.2 Å². The number of ether oxygens (including phenoxy) is 2. The maximum atomic E-state index is 13.2. The lowest BCUT2D eigenvalue weighted by Gasteiger charge is -2.13. The standard InChI is InChI=1S/C25H24N2O5S/c1-4-13-27-23(28)22-21(18-11-7-8-12-20(18)32-22)26-25(27)33-15-16-9-5-6-10-17(16)19(14-30-2)24(29)31-3/h5-12,14H,4,13,15H2,1-3H3/b19-14+. The molecule has 0 N–H and O–H groups in total. The van der Waals surface area contributed by atoms with E-state index in [2.05, 4.69) is 0 Å². The summed E-state index contributed by atoms with van der Waals surface area (Å²) in [6, 6.07) is 15.0. The topological polar surface area (TPSA) is 83.6 Å². The molecular formula is C25H24N2O5S. The number of thioether (sulfide) groups is 1. The molecule has 0 atom stereocenters. The van der Waals surface area contributed by atoms with E-state index in [-0.39, 0.29) is 11.1 Å². The largest absolute Gasteiger partial charge is 0.503 e. The number of aromatic nitrogens is 2. The molecule has 4 aromatic rings. The molecule has 2 heterocycles. The van der Waals surface area contributed by atoms with E-state index in [1.54, 1.807) is 4.57 Å². The molecule has 170 valence electrons. The van der Waals surface area contributed by atoms with Gasteiger partial charge in [0.05, 0.1) is 20.5 Å². The average Bonchev–Trinajstić information content (AvgIpc) is 3.22.